The number of benzene rings is 3. The molecule has 186 valence electrons. The number of hydrogen-bond donors (Lipinski definition) is 0. The second-order valence-electron chi connectivity index (χ2n) is 8.63. The van der Waals surface area contributed by atoms with Crippen molar-refractivity contribution in [3.63, 3.8) is 0 Å². The van der Waals surface area contributed by atoms with Crippen molar-refractivity contribution in [3.05, 3.63) is 91.0 Å². The Morgan fingerprint density at radius 1 is 0.694 bits per heavy atom. The van der Waals surface area contributed by atoms with Crippen LogP contribution in [-0.4, -0.2) is 30.0 Å². The Morgan fingerprint density at radius 3 is 1.61 bits per heavy atom. The average Bonchev–Trinajstić information content (AvgIpc) is 3.79. The van der Waals surface area contributed by atoms with Crippen LogP contribution in [-0.2, 0) is 22.6 Å². The van der Waals surface area contributed by atoms with Crippen LogP contribution in [0.4, 0.5) is 0 Å². The number of epoxide rings is 2. The Bertz CT molecular complexity index is 1200. The van der Waals surface area contributed by atoms with E-state index in [1.165, 1.54) is 33.9 Å². The molecule has 0 saturated carbocycles. The second kappa shape index (κ2) is 10.5. The summed E-state index contributed by atoms with van der Waals surface area (Å²) < 4.78 is 50.3. The zero-order valence-electron chi connectivity index (χ0n) is 19.4. The van der Waals surface area contributed by atoms with Crippen LogP contribution in [0.25, 0.3) is 33.9 Å². The van der Waals surface area contributed by atoms with Crippen LogP contribution in [0.3, 0.4) is 0 Å². The number of hydrogen-bond acceptors (Lipinski definition) is 6. The molecule has 2 fully saturated rings. The molecule has 0 N–H and O–H groups in total. The third-order valence-corrected chi connectivity index (χ3v) is 5.98. The first-order valence-corrected chi connectivity index (χ1v) is 12.8. The van der Waals surface area contributed by atoms with Gasteiger partial charge in [-0.15, -0.1) is 10.2 Å². The zero-order chi connectivity index (χ0) is 25.1. The molecule has 0 spiro atoms. The maximum Gasteiger partial charge on any atom is 0.290 e. The molecule has 4 aromatic rings. The molecule has 0 amide bonds. The van der Waals surface area contributed by atoms with Gasteiger partial charge in [-0.05, 0) is 12.1 Å². The summed E-state index contributed by atoms with van der Waals surface area (Å²) in [5, 5.41) is 0. The van der Waals surface area contributed by atoms with E-state index in [2.05, 4.69) is 100 Å². The van der Waals surface area contributed by atoms with Crippen LogP contribution in [0.15, 0.2) is 91.0 Å². The molecular formula is C27H25ClN2O6. The summed E-state index contributed by atoms with van der Waals surface area (Å²) in [5.41, 5.74) is 6.12. The molecule has 2 saturated heterocycles. The predicted molar refractivity (Wildman–Crippen MR) is 120 cm³/mol. The second-order valence-corrected chi connectivity index (χ2v) is 9.38. The number of imidazole rings is 1. The summed E-state index contributed by atoms with van der Waals surface area (Å²) in [6.07, 6.45) is 0.540. The van der Waals surface area contributed by atoms with E-state index in [1.54, 1.807) is 0 Å². The standard InChI is InChI=1S/C27H25N2O2.ClHO4/c1-4-10-20(11-5-1)25-26(21-12-6-2-7-13-21)29(17-24-19-31-24)27(22-14-8-3-9-15-22)28(25)16-23-18-30-23;2-1(3,4)5/h1-15,23-24H,16-19H2;(H,2,3,4,5)/q+1;/p-1. The molecular weight excluding hydrogens is 484 g/mol. The third kappa shape index (κ3) is 6.18. The lowest BCUT2D eigenvalue weighted by atomic mass is 10.0. The number of rotatable bonds is 7. The molecule has 8 nitrogen and oxygen atoms in total. The van der Waals surface area contributed by atoms with Gasteiger partial charge in [0.05, 0.1) is 18.8 Å². The van der Waals surface area contributed by atoms with E-state index in [1.807, 2.05) is 0 Å². The summed E-state index contributed by atoms with van der Waals surface area (Å²) >= 11 is 0. The van der Waals surface area contributed by atoms with Crippen molar-refractivity contribution in [2.24, 2.45) is 0 Å². The van der Waals surface area contributed by atoms with Gasteiger partial charge in [-0.1, -0.05) is 78.9 Å². The molecule has 36 heavy (non-hydrogen) atoms. The van der Waals surface area contributed by atoms with Gasteiger partial charge in [0.2, 0.25) is 0 Å². The lowest BCUT2D eigenvalue weighted by Crippen LogP contribution is -2.68. The van der Waals surface area contributed by atoms with Gasteiger partial charge in [-0.3, -0.25) is 0 Å². The van der Waals surface area contributed by atoms with Gasteiger partial charge < -0.3 is 9.47 Å². The third-order valence-electron chi connectivity index (χ3n) is 5.98. The van der Waals surface area contributed by atoms with Gasteiger partial charge in [0, 0.05) is 11.1 Å². The predicted octanol–water partition coefficient (Wildman–Crippen LogP) is -0.182. The SMILES string of the molecule is [O-][Cl+3]([O-])([O-])[O-].c1ccc(-c2c(-c3ccccc3)[n+](CC3CO3)c(-c3ccccc3)n2CC2CO2)cc1. The van der Waals surface area contributed by atoms with Crippen LogP contribution < -0.4 is 23.2 Å². The van der Waals surface area contributed by atoms with Crippen molar-refractivity contribution in [1.82, 2.24) is 4.57 Å². The van der Waals surface area contributed by atoms with Crippen molar-refractivity contribution in [3.8, 4) is 33.9 Å². The van der Waals surface area contributed by atoms with Crippen LogP contribution in [0.1, 0.15) is 0 Å². The highest BCUT2D eigenvalue weighted by Gasteiger charge is 2.39. The maximum absolute atomic E-state index is 8.49. The smallest absolute Gasteiger partial charge is 0.290 e. The van der Waals surface area contributed by atoms with Crippen molar-refractivity contribution >= 4 is 0 Å². The van der Waals surface area contributed by atoms with E-state index in [0.29, 0.717) is 0 Å². The highest BCUT2D eigenvalue weighted by Crippen LogP contribution is 2.36. The molecule has 6 rings (SSSR count). The number of nitrogens with zero attached hydrogens (tertiary/aromatic N) is 2. The van der Waals surface area contributed by atoms with Crippen LogP contribution in [0.2, 0.25) is 0 Å². The van der Waals surface area contributed by atoms with Crippen molar-refractivity contribution < 1.29 is 42.9 Å². The van der Waals surface area contributed by atoms with Gasteiger partial charge in [0.15, 0.2) is 11.4 Å². The lowest BCUT2D eigenvalue weighted by Gasteiger charge is -2.17. The van der Waals surface area contributed by atoms with E-state index in [4.69, 9.17) is 28.1 Å². The summed E-state index contributed by atoms with van der Waals surface area (Å²) in [4.78, 5) is 0. The minimum atomic E-state index is -4.94. The molecule has 3 heterocycles. The van der Waals surface area contributed by atoms with Gasteiger partial charge in [-0.2, -0.15) is 0 Å². The number of aromatic nitrogens is 2. The number of ether oxygens (including phenoxy) is 2. The van der Waals surface area contributed by atoms with E-state index in [-0.39, 0.29) is 12.2 Å². The van der Waals surface area contributed by atoms with E-state index < -0.39 is 10.2 Å². The van der Waals surface area contributed by atoms with E-state index in [0.717, 1.165) is 26.3 Å². The van der Waals surface area contributed by atoms with Crippen LogP contribution in [0.5, 0.6) is 0 Å². The van der Waals surface area contributed by atoms with Crippen molar-refractivity contribution in [2.45, 2.75) is 25.3 Å². The fourth-order valence-corrected chi connectivity index (χ4v) is 4.40. The fourth-order valence-electron chi connectivity index (χ4n) is 4.40. The molecule has 2 atom stereocenters. The van der Waals surface area contributed by atoms with Crippen LogP contribution >= 0.6 is 0 Å². The normalized spacial score (nSPS) is 18.3. The molecule has 2 aliphatic heterocycles. The Kier molecular flexibility index (Phi) is 7.17. The fraction of sp³-hybridized carbons (Fsp3) is 0.222. The van der Waals surface area contributed by atoms with Gasteiger partial charge in [0.1, 0.15) is 25.3 Å². The quantitative estimate of drug-likeness (QED) is 0.252. The van der Waals surface area contributed by atoms with Crippen molar-refractivity contribution in [1.29, 1.82) is 0 Å². The monoisotopic (exact) mass is 508 g/mol. The number of halogens is 1. The van der Waals surface area contributed by atoms with Gasteiger partial charge in [-0.25, -0.2) is 27.8 Å². The lowest BCUT2D eigenvalue weighted by molar-refractivity contribution is -2.00. The Labute approximate surface area is 210 Å². The summed E-state index contributed by atoms with van der Waals surface area (Å²) in [6, 6.07) is 32.2. The van der Waals surface area contributed by atoms with Crippen LogP contribution in [0, 0.1) is 10.2 Å². The first kappa shape index (κ1) is 24.6. The Morgan fingerprint density at radius 2 is 1.14 bits per heavy atom. The molecule has 3 aromatic carbocycles. The zero-order valence-corrected chi connectivity index (χ0v) is 20.1. The summed E-state index contributed by atoms with van der Waals surface area (Å²) in [6.45, 7) is 3.33. The molecule has 1 aromatic heterocycles. The first-order chi connectivity index (χ1) is 17.4. The van der Waals surface area contributed by atoms with E-state index >= 15 is 0 Å². The minimum Gasteiger partial charge on any atom is -0.369 e. The molecule has 0 aliphatic carbocycles. The van der Waals surface area contributed by atoms with Gasteiger partial charge in [0.25, 0.3) is 5.82 Å². The molecule has 9 heteroatoms. The topological polar surface area (TPSA) is 126 Å². The Balaban J connectivity index is 0.000000489. The highest BCUT2D eigenvalue weighted by atomic mass is 35.7. The summed E-state index contributed by atoms with van der Waals surface area (Å²) in [5.74, 6) is 1.21. The average molecular weight is 509 g/mol. The van der Waals surface area contributed by atoms with Gasteiger partial charge >= 0.3 is 0 Å². The maximum atomic E-state index is 8.49. The largest absolute Gasteiger partial charge is 0.369 e. The van der Waals surface area contributed by atoms with E-state index in [9.17, 15) is 0 Å². The minimum absolute atomic E-state index is 0.270. The first-order valence-electron chi connectivity index (χ1n) is 11.6. The molecule has 0 bridgehead atoms. The molecule has 2 aliphatic rings. The van der Waals surface area contributed by atoms with Crippen molar-refractivity contribution in [2.75, 3.05) is 13.2 Å². The Hall–Kier alpha value is -3.08. The molecule has 0 radical (unpaired) electrons. The highest BCUT2D eigenvalue weighted by molar-refractivity contribution is 5.79. The summed E-state index contributed by atoms with van der Waals surface area (Å²) in [7, 11) is -4.94. The molecule has 2 unspecified atom stereocenters.